The quantitative estimate of drug-likeness (QED) is 0.510. The Morgan fingerprint density at radius 2 is 2.17 bits per heavy atom. The van der Waals surface area contributed by atoms with Gasteiger partial charge in [0, 0.05) is 5.56 Å². The van der Waals surface area contributed by atoms with Gasteiger partial charge in [-0.3, -0.25) is 4.79 Å². The highest BCUT2D eigenvalue weighted by Crippen LogP contribution is 2.08. The number of aromatic nitrogens is 1. The normalized spacial score (nSPS) is 10.9. The van der Waals surface area contributed by atoms with Crippen molar-refractivity contribution in [1.29, 1.82) is 0 Å². The van der Waals surface area contributed by atoms with E-state index in [1.54, 1.807) is 32.9 Å². The van der Waals surface area contributed by atoms with E-state index in [0.717, 1.165) is 6.29 Å². The summed E-state index contributed by atoms with van der Waals surface area (Å²) < 4.78 is 5.80. The molecule has 0 aliphatic rings. The molecule has 1 N–H and O–H groups in total. The zero-order valence-corrected chi connectivity index (χ0v) is 12.6. The third kappa shape index (κ3) is 5.44. The Bertz CT molecular complexity index is 455. The van der Waals surface area contributed by atoms with Crippen molar-refractivity contribution < 1.29 is 14.3 Å². The lowest BCUT2D eigenvalue weighted by atomic mass is 10.2. The number of hydrogen-bond acceptors (Lipinski definition) is 4. The minimum atomic E-state index is -0.531. The number of carbonyl (C=O) groups is 2. The average molecular weight is 362 g/mol. The Labute approximate surface area is 119 Å². The molecule has 0 aliphatic heterocycles. The summed E-state index contributed by atoms with van der Waals surface area (Å²) in [5, 5.41) is 2.59. The van der Waals surface area contributed by atoms with E-state index < -0.39 is 11.7 Å². The minimum Gasteiger partial charge on any atom is -0.444 e. The van der Waals surface area contributed by atoms with Gasteiger partial charge in [-0.15, -0.1) is 0 Å². The highest BCUT2D eigenvalue weighted by Gasteiger charge is 2.15. The van der Waals surface area contributed by atoms with Crippen LogP contribution < -0.4 is 5.32 Å². The van der Waals surface area contributed by atoms with Gasteiger partial charge in [-0.2, -0.15) is 0 Å². The van der Waals surface area contributed by atoms with E-state index in [0.29, 0.717) is 15.0 Å². The number of rotatable bonds is 3. The minimum absolute atomic E-state index is 0.229. The first-order valence-corrected chi connectivity index (χ1v) is 6.46. The summed E-state index contributed by atoms with van der Waals surface area (Å²) in [6.45, 7) is 5.61. The maximum absolute atomic E-state index is 11.4. The van der Waals surface area contributed by atoms with Gasteiger partial charge in [0.2, 0.25) is 0 Å². The number of nitrogens with zero attached hydrogens (tertiary/aromatic N) is 1. The number of aldehydes is 1. The Morgan fingerprint density at radius 1 is 1.50 bits per heavy atom. The van der Waals surface area contributed by atoms with Gasteiger partial charge in [0.15, 0.2) is 0 Å². The van der Waals surface area contributed by atoms with Crippen molar-refractivity contribution in [3.8, 4) is 0 Å². The number of alkyl carbamates (subject to hydrolysis) is 1. The predicted octanol–water partition coefficient (Wildman–Crippen LogP) is 2.52. The van der Waals surface area contributed by atoms with Gasteiger partial charge in [0.25, 0.3) is 0 Å². The van der Waals surface area contributed by atoms with Crippen molar-refractivity contribution in [2.75, 3.05) is 0 Å². The number of hydrogen-bond donors (Lipinski definition) is 1. The fourth-order valence-corrected chi connectivity index (χ4v) is 1.88. The standard InChI is InChI=1S/C12H15IN2O3/c1-12(2,3)18-11(17)14-6-9-4-8(7-16)5-10(13)15-9/h4-5,7H,6H2,1-3H3,(H,14,17). The highest BCUT2D eigenvalue weighted by atomic mass is 127. The zero-order valence-electron chi connectivity index (χ0n) is 10.5. The number of pyridine rings is 1. The maximum Gasteiger partial charge on any atom is 0.407 e. The van der Waals surface area contributed by atoms with Crippen LogP contribution in [0.2, 0.25) is 0 Å². The van der Waals surface area contributed by atoms with Crippen LogP contribution >= 0.6 is 22.6 Å². The highest BCUT2D eigenvalue weighted by molar-refractivity contribution is 14.1. The van der Waals surface area contributed by atoms with Crippen LogP contribution in [-0.4, -0.2) is 23.0 Å². The average Bonchev–Trinajstić information content (AvgIpc) is 2.23. The summed E-state index contributed by atoms with van der Waals surface area (Å²) in [6.07, 6.45) is 0.247. The Kier molecular flexibility index (Phi) is 5.06. The summed E-state index contributed by atoms with van der Waals surface area (Å²) in [6, 6.07) is 3.30. The van der Waals surface area contributed by atoms with Crippen LogP contribution in [-0.2, 0) is 11.3 Å². The van der Waals surface area contributed by atoms with E-state index in [4.69, 9.17) is 4.74 Å². The summed E-state index contributed by atoms with van der Waals surface area (Å²) in [7, 11) is 0. The second kappa shape index (κ2) is 6.12. The molecule has 1 aromatic heterocycles. The summed E-state index contributed by atoms with van der Waals surface area (Å²) in [5.41, 5.74) is 0.626. The topological polar surface area (TPSA) is 68.3 Å². The van der Waals surface area contributed by atoms with Crippen molar-refractivity contribution in [3.63, 3.8) is 0 Å². The molecule has 6 heteroatoms. The monoisotopic (exact) mass is 362 g/mol. The molecule has 0 saturated carbocycles. The maximum atomic E-state index is 11.4. The lowest BCUT2D eigenvalue weighted by molar-refractivity contribution is 0.0523. The zero-order chi connectivity index (χ0) is 13.8. The fraction of sp³-hybridized carbons (Fsp3) is 0.417. The molecule has 0 radical (unpaired) electrons. The molecular weight excluding hydrogens is 347 g/mol. The SMILES string of the molecule is CC(C)(C)OC(=O)NCc1cc(C=O)cc(I)n1. The molecule has 0 aliphatic carbocycles. The number of nitrogens with one attached hydrogen (secondary N) is 1. The fourth-order valence-electron chi connectivity index (χ4n) is 1.21. The molecule has 0 atom stereocenters. The molecule has 1 heterocycles. The predicted molar refractivity (Wildman–Crippen MR) is 75.4 cm³/mol. The van der Waals surface area contributed by atoms with Crippen LogP contribution in [0.25, 0.3) is 0 Å². The molecule has 5 nitrogen and oxygen atoms in total. The molecule has 0 fully saturated rings. The van der Waals surface area contributed by atoms with E-state index >= 15 is 0 Å². The molecule has 0 saturated heterocycles. The molecule has 1 amide bonds. The Balaban J connectivity index is 2.61. The van der Waals surface area contributed by atoms with Gasteiger partial charge in [-0.25, -0.2) is 9.78 Å². The second-order valence-corrected chi connectivity index (χ2v) is 5.79. The van der Waals surface area contributed by atoms with Crippen LogP contribution in [0.5, 0.6) is 0 Å². The smallest absolute Gasteiger partial charge is 0.407 e. The van der Waals surface area contributed by atoms with Gasteiger partial charge >= 0.3 is 6.09 Å². The molecule has 98 valence electrons. The molecule has 1 rings (SSSR count). The van der Waals surface area contributed by atoms with Crippen molar-refractivity contribution in [1.82, 2.24) is 10.3 Å². The van der Waals surface area contributed by atoms with E-state index in [2.05, 4.69) is 10.3 Å². The van der Waals surface area contributed by atoms with Gasteiger partial charge in [-0.05, 0) is 55.5 Å². The molecule has 0 spiro atoms. The second-order valence-electron chi connectivity index (χ2n) is 4.69. The third-order valence-corrected chi connectivity index (χ3v) is 2.37. The van der Waals surface area contributed by atoms with Crippen molar-refractivity contribution in [3.05, 3.63) is 27.1 Å². The Morgan fingerprint density at radius 3 is 2.72 bits per heavy atom. The van der Waals surface area contributed by atoms with Crippen molar-refractivity contribution in [2.24, 2.45) is 0 Å². The van der Waals surface area contributed by atoms with Crippen molar-refractivity contribution >= 4 is 35.0 Å². The summed E-state index contributed by atoms with van der Waals surface area (Å²) in [5.74, 6) is 0. The summed E-state index contributed by atoms with van der Waals surface area (Å²) >= 11 is 2.02. The first kappa shape index (κ1) is 14.9. The number of ether oxygens (including phenoxy) is 1. The number of amides is 1. The van der Waals surface area contributed by atoms with E-state index in [1.807, 2.05) is 22.6 Å². The molecule has 1 aromatic rings. The molecule has 0 unspecified atom stereocenters. The van der Waals surface area contributed by atoms with Crippen LogP contribution in [0.4, 0.5) is 4.79 Å². The largest absolute Gasteiger partial charge is 0.444 e. The van der Waals surface area contributed by atoms with Crippen LogP contribution in [0.3, 0.4) is 0 Å². The lowest BCUT2D eigenvalue weighted by Gasteiger charge is -2.19. The van der Waals surface area contributed by atoms with Crippen molar-refractivity contribution in [2.45, 2.75) is 32.9 Å². The third-order valence-electron chi connectivity index (χ3n) is 1.82. The molecular formula is C12H15IN2O3. The van der Waals surface area contributed by atoms with E-state index in [9.17, 15) is 9.59 Å². The van der Waals surface area contributed by atoms with Crippen LogP contribution in [0, 0.1) is 3.70 Å². The first-order chi connectivity index (χ1) is 8.30. The van der Waals surface area contributed by atoms with E-state index in [-0.39, 0.29) is 6.54 Å². The van der Waals surface area contributed by atoms with E-state index in [1.165, 1.54) is 0 Å². The number of halogens is 1. The molecule has 0 aromatic carbocycles. The van der Waals surface area contributed by atoms with Gasteiger partial charge in [0.05, 0.1) is 12.2 Å². The molecule has 0 bridgehead atoms. The summed E-state index contributed by atoms with van der Waals surface area (Å²) in [4.78, 5) is 26.3. The van der Waals surface area contributed by atoms with Gasteiger partial charge in [0.1, 0.15) is 15.6 Å². The molecule has 18 heavy (non-hydrogen) atoms. The lowest BCUT2D eigenvalue weighted by Crippen LogP contribution is -2.32. The van der Waals surface area contributed by atoms with Crippen LogP contribution in [0.15, 0.2) is 12.1 Å². The Hall–Kier alpha value is -1.18. The van der Waals surface area contributed by atoms with Crippen LogP contribution in [0.1, 0.15) is 36.8 Å². The number of carbonyl (C=O) groups excluding carboxylic acids is 2. The first-order valence-electron chi connectivity index (χ1n) is 5.38. The van der Waals surface area contributed by atoms with Gasteiger partial charge in [-0.1, -0.05) is 0 Å². The van der Waals surface area contributed by atoms with Gasteiger partial charge < -0.3 is 10.1 Å².